The van der Waals surface area contributed by atoms with Crippen LogP contribution in [0.1, 0.15) is 16.2 Å². The van der Waals surface area contributed by atoms with E-state index in [1.807, 2.05) is 12.1 Å². The number of benzene rings is 1. The highest BCUT2D eigenvalue weighted by Crippen LogP contribution is 2.16. The monoisotopic (exact) mass is 337 g/mol. The van der Waals surface area contributed by atoms with Gasteiger partial charge < -0.3 is 15.4 Å². The summed E-state index contributed by atoms with van der Waals surface area (Å²) in [5, 5.41) is 14.6. The lowest BCUT2D eigenvalue weighted by molar-refractivity contribution is 0.0948. The molecule has 1 heterocycles. The van der Waals surface area contributed by atoms with E-state index in [1.165, 1.54) is 0 Å². The number of nitrogens with one attached hydrogen (secondary N) is 2. The van der Waals surface area contributed by atoms with E-state index in [1.54, 1.807) is 30.8 Å². The van der Waals surface area contributed by atoms with Crippen LogP contribution in [0.5, 0.6) is 0 Å². The average Bonchev–Trinajstić information content (AvgIpc) is 2.92. The zero-order valence-corrected chi connectivity index (χ0v) is 13.9. The molecule has 0 radical (unpaired) electrons. The third-order valence-corrected chi connectivity index (χ3v) is 3.47. The molecule has 2 N–H and O–H groups in total. The van der Waals surface area contributed by atoms with Crippen molar-refractivity contribution in [3.8, 4) is 5.69 Å². The number of rotatable bonds is 8. The van der Waals surface area contributed by atoms with Crippen molar-refractivity contribution < 1.29 is 9.53 Å². The number of carbonyl (C=O) groups is 1. The lowest BCUT2D eigenvalue weighted by Crippen LogP contribution is -2.33. The van der Waals surface area contributed by atoms with E-state index in [4.69, 9.17) is 16.3 Å². The molecule has 2 rings (SSSR count). The molecule has 124 valence electrons. The van der Waals surface area contributed by atoms with Crippen molar-refractivity contribution in [1.29, 1.82) is 0 Å². The number of halogens is 1. The molecular weight excluding hydrogens is 318 g/mol. The Balaban J connectivity index is 1.95. The highest BCUT2D eigenvalue weighted by molar-refractivity contribution is 6.30. The molecule has 2 aromatic rings. The van der Waals surface area contributed by atoms with Crippen molar-refractivity contribution in [3.05, 3.63) is 40.7 Å². The van der Waals surface area contributed by atoms with E-state index in [9.17, 15) is 4.79 Å². The number of nitrogens with zero attached hydrogens (tertiary/aromatic N) is 3. The van der Waals surface area contributed by atoms with E-state index in [-0.39, 0.29) is 5.91 Å². The molecule has 8 heteroatoms. The van der Waals surface area contributed by atoms with E-state index in [2.05, 4.69) is 20.9 Å². The molecule has 0 saturated carbocycles. The summed E-state index contributed by atoms with van der Waals surface area (Å²) in [7, 11) is 1.65. The van der Waals surface area contributed by atoms with Gasteiger partial charge in [-0.15, -0.1) is 5.10 Å². The Kier molecular flexibility index (Phi) is 6.52. The summed E-state index contributed by atoms with van der Waals surface area (Å²) in [5.74, 6) is -0.246. The number of hydrogen-bond donors (Lipinski definition) is 2. The minimum absolute atomic E-state index is 0.246. The first-order valence-electron chi connectivity index (χ1n) is 7.29. The Labute approximate surface area is 140 Å². The van der Waals surface area contributed by atoms with Gasteiger partial charge >= 0.3 is 0 Å². The highest BCUT2D eigenvalue weighted by atomic mass is 35.5. The third-order valence-electron chi connectivity index (χ3n) is 3.23. The van der Waals surface area contributed by atoms with Crippen molar-refractivity contribution in [2.45, 2.75) is 6.92 Å². The summed E-state index contributed by atoms with van der Waals surface area (Å²) in [4.78, 5) is 12.2. The van der Waals surface area contributed by atoms with Crippen LogP contribution in [0.4, 0.5) is 0 Å². The minimum atomic E-state index is -0.246. The van der Waals surface area contributed by atoms with Crippen molar-refractivity contribution >= 4 is 17.5 Å². The molecule has 1 amide bonds. The summed E-state index contributed by atoms with van der Waals surface area (Å²) in [5.41, 5.74) is 1.74. The molecule has 0 aliphatic heterocycles. The molecule has 0 unspecified atom stereocenters. The van der Waals surface area contributed by atoms with Crippen molar-refractivity contribution in [2.75, 3.05) is 33.4 Å². The third kappa shape index (κ3) is 4.75. The van der Waals surface area contributed by atoms with Gasteiger partial charge in [0.15, 0.2) is 5.69 Å². The van der Waals surface area contributed by atoms with Crippen LogP contribution in [0, 0.1) is 6.92 Å². The van der Waals surface area contributed by atoms with Crippen LogP contribution in [0.2, 0.25) is 5.02 Å². The molecule has 0 spiro atoms. The van der Waals surface area contributed by atoms with Gasteiger partial charge in [-0.05, 0) is 25.1 Å². The molecule has 0 atom stereocenters. The first kappa shape index (κ1) is 17.4. The number of amides is 1. The zero-order chi connectivity index (χ0) is 16.7. The number of methoxy groups -OCH3 is 1. The Bertz CT molecular complexity index is 659. The van der Waals surface area contributed by atoms with Gasteiger partial charge in [0.25, 0.3) is 5.91 Å². The number of aromatic nitrogens is 3. The van der Waals surface area contributed by atoms with Gasteiger partial charge in [-0.3, -0.25) is 4.79 Å². The molecule has 1 aromatic carbocycles. The van der Waals surface area contributed by atoms with Crippen LogP contribution in [-0.2, 0) is 4.74 Å². The first-order valence-corrected chi connectivity index (χ1v) is 7.67. The predicted molar refractivity (Wildman–Crippen MR) is 88.2 cm³/mol. The second kappa shape index (κ2) is 8.61. The zero-order valence-electron chi connectivity index (χ0n) is 13.2. The fraction of sp³-hybridized carbons (Fsp3) is 0.400. The van der Waals surface area contributed by atoms with Gasteiger partial charge in [-0.25, -0.2) is 4.68 Å². The van der Waals surface area contributed by atoms with Crippen LogP contribution in [0.25, 0.3) is 5.69 Å². The van der Waals surface area contributed by atoms with E-state index < -0.39 is 0 Å². The molecule has 23 heavy (non-hydrogen) atoms. The summed E-state index contributed by atoms with van der Waals surface area (Å²) >= 11 is 5.98. The molecule has 0 aliphatic carbocycles. The van der Waals surface area contributed by atoms with Crippen molar-refractivity contribution in [3.63, 3.8) is 0 Å². The molecule has 7 nitrogen and oxygen atoms in total. The van der Waals surface area contributed by atoms with Gasteiger partial charge in [0, 0.05) is 31.8 Å². The number of ether oxygens (including phenoxy) is 1. The maximum atomic E-state index is 12.2. The maximum absolute atomic E-state index is 12.2. The fourth-order valence-corrected chi connectivity index (χ4v) is 2.22. The molecular formula is C15H20ClN5O2. The van der Waals surface area contributed by atoms with Crippen molar-refractivity contribution in [1.82, 2.24) is 25.6 Å². The highest BCUT2D eigenvalue weighted by Gasteiger charge is 2.16. The fourth-order valence-electron chi connectivity index (χ4n) is 2.04. The summed E-state index contributed by atoms with van der Waals surface area (Å²) in [6.45, 7) is 4.35. The van der Waals surface area contributed by atoms with Gasteiger partial charge in [-0.2, -0.15) is 0 Å². The topological polar surface area (TPSA) is 81.1 Å². The van der Waals surface area contributed by atoms with Gasteiger partial charge in [0.2, 0.25) is 0 Å². The van der Waals surface area contributed by atoms with Crippen molar-refractivity contribution in [2.24, 2.45) is 0 Å². The van der Waals surface area contributed by atoms with Crippen LogP contribution >= 0.6 is 11.6 Å². The average molecular weight is 338 g/mol. The van der Waals surface area contributed by atoms with Crippen LogP contribution in [0.3, 0.4) is 0 Å². The lowest BCUT2D eigenvalue weighted by Gasteiger charge is -2.06. The molecule has 0 saturated heterocycles. The van der Waals surface area contributed by atoms with Crippen LogP contribution < -0.4 is 10.6 Å². The predicted octanol–water partition coefficient (Wildman–Crippen LogP) is 1.19. The number of hydrogen-bond acceptors (Lipinski definition) is 5. The Morgan fingerprint density at radius 1 is 1.35 bits per heavy atom. The summed E-state index contributed by atoms with van der Waals surface area (Å²) < 4.78 is 6.52. The van der Waals surface area contributed by atoms with Gasteiger partial charge in [0.05, 0.1) is 18.0 Å². The standard InChI is InChI=1S/C15H20ClN5O2/c1-11-14(15(22)18-7-6-17-8-9-23-2)19-20-21(11)13-5-3-4-12(16)10-13/h3-5,10,17H,6-9H2,1-2H3,(H,18,22). The lowest BCUT2D eigenvalue weighted by atomic mass is 10.3. The second-order valence-corrected chi connectivity index (χ2v) is 5.35. The smallest absolute Gasteiger partial charge is 0.273 e. The quantitative estimate of drug-likeness (QED) is 0.707. The van der Waals surface area contributed by atoms with E-state index in [0.717, 1.165) is 12.2 Å². The Morgan fingerprint density at radius 3 is 2.91 bits per heavy atom. The molecule has 0 fully saturated rings. The summed E-state index contributed by atoms with van der Waals surface area (Å²) in [6.07, 6.45) is 0. The van der Waals surface area contributed by atoms with Crippen LogP contribution in [0.15, 0.2) is 24.3 Å². The summed E-state index contributed by atoms with van der Waals surface area (Å²) in [6, 6.07) is 7.23. The van der Waals surface area contributed by atoms with E-state index >= 15 is 0 Å². The number of carbonyl (C=O) groups excluding carboxylic acids is 1. The minimum Gasteiger partial charge on any atom is -0.383 e. The second-order valence-electron chi connectivity index (χ2n) is 4.91. The van der Waals surface area contributed by atoms with Gasteiger partial charge in [-0.1, -0.05) is 22.9 Å². The molecule has 0 aliphatic rings. The van der Waals surface area contributed by atoms with Gasteiger partial charge in [0.1, 0.15) is 0 Å². The maximum Gasteiger partial charge on any atom is 0.273 e. The van der Waals surface area contributed by atoms with E-state index in [0.29, 0.717) is 36.1 Å². The molecule has 0 bridgehead atoms. The normalized spacial score (nSPS) is 10.7. The largest absolute Gasteiger partial charge is 0.383 e. The molecule has 1 aromatic heterocycles. The van der Waals surface area contributed by atoms with Crippen LogP contribution in [-0.4, -0.2) is 54.3 Å². The SMILES string of the molecule is COCCNCCNC(=O)c1nnn(-c2cccc(Cl)c2)c1C. The Hall–Kier alpha value is -1.96. The Morgan fingerprint density at radius 2 is 2.17 bits per heavy atom. The first-order chi connectivity index (χ1) is 11.1.